The van der Waals surface area contributed by atoms with Gasteiger partial charge in [-0.15, -0.1) is 11.3 Å². The zero-order valence-electron chi connectivity index (χ0n) is 12.1. The van der Waals surface area contributed by atoms with Gasteiger partial charge in [-0.1, -0.05) is 30.3 Å². The molecule has 1 aliphatic rings. The van der Waals surface area contributed by atoms with Crippen molar-refractivity contribution in [2.45, 2.75) is 38.4 Å². The van der Waals surface area contributed by atoms with E-state index in [-0.39, 0.29) is 6.04 Å². The van der Waals surface area contributed by atoms with Crippen molar-refractivity contribution in [2.75, 3.05) is 6.54 Å². The topological polar surface area (TPSA) is 29.3 Å². The predicted molar refractivity (Wildman–Crippen MR) is 86.0 cm³/mol. The number of nitrogens with zero attached hydrogens (tertiary/aromatic N) is 1. The fraction of sp³-hybridized carbons (Fsp3) is 0.412. The molecular weight excluding hydrogens is 264 g/mol. The third-order valence-corrected chi connectivity index (χ3v) is 5.32. The summed E-state index contributed by atoms with van der Waals surface area (Å²) >= 11 is 1.89. The highest BCUT2D eigenvalue weighted by Gasteiger charge is 2.32. The van der Waals surface area contributed by atoms with E-state index in [0.717, 1.165) is 13.0 Å². The van der Waals surface area contributed by atoms with Crippen LogP contribution in [0, 0.1) is 0 Å². The summed E-state index contributed by atoms with van der Waals surface area (Å²) in [6.45, 7) is 5.52. The van der Waals surface area contributed by atoms with E-state index >= 15 is 0 Å². The van der Waals surface area contributed by atoms with Gasteiger partial charge in [0.2, 0.25) is 0 Å². The molecular formula is C17H22N2S. The molecule has 2 N–H and O–H groups in total. The molecule has 0 spiro atoms. The molecule has 3 atom stereocenters. The zero-order valence-corrected chi connectivity index (χ0v) is 12.9. The molecule has 0 bridgehead atoms. The lowest BCUT2D eigenvalue weighted by Gasteiger charge is -2.41. The van der Waals surface area contributed by atoms with Crippen LogP contribution in [0.4, 0.5) is 0 Å². The van der Waals surface area contributed by atoms with Crippen molar-refractivity contribution in [1.82, 2.24) is 4.90 Å². The number of hydrogen-bond donors (Lipinski definition) is 1. The number of rotatable bonds is 3. The van der Waals surface area contributed by atoms with Crippen molar-refractivity contribution in [3.63, 3.8) is 0 Å². The van der Waals surface area contributed by atoms with E-state index in [2.05, 4.69) is 60.5 Å². The van der Waals surface area contributed by atoms with Gasteiger partial charge in [-0.25, -0.2) is 0 Å². The molecule has 0 amide bonds. The molecule has 20 heavy (non-hydrogen) atoms. The molecule has 2 heterocycles. The summed E-state index contributed by atoms with van der Waals surface area (Å²) in [5, 5.41) is 2.22. The Balaban J connectivity index is 1.94. The summed E-state index contributed by atoms with van der Waals surface area (Å²) in [6.07, 6.45) is 1.15. The minimum Gasteiger partial charge on any atom is -0.326 e. The van der Waals surface area contributed by atoms with Crippen LogP contribution in [-0.4, -0.2) is 17.5 Å². The van der Waals surface area contributed by atoms with E-state index < -0.39 is 0 Å². The van der Waals surface area contributed by atoms with E-state index in [1.807, 2.05) is 11.3 Å². The van der Waals surface area contributed by atoms with E-state index in [9.17, 15) is 0 Å². The van der Waals surface area contributed by atoms with E-state index in [4.69, 9.17) is 5.73 Å². The standard InChI is InChI=1S/C17H22N2S/c1-12(18)17(14-6-4-3-5-7-14)19-10-8-16-15(13(19)2)9-11-20-16/h3-7,9,11-13,17H,8,10,18H2,1-2H3. The monoisotopic (exact) mass is 286 g/mol. The minimum atomic E-state index is 0.125. The Labute approximate surface area is 125 Å². The average molecular weight is 286 g/mol. The molecule has 3 heteroatoms. The second-order valence-electron chi connectivity index (χ2n) is 5.68. The lowest BCUT2D eigenvalue weighted by Crippen LogP contribution is -2.43. The summed E-state index contributed by atoms with van der Waals surface area (Å²) in [6, 6.07) is 13.8. The molecule has 0 fully saturated rings. The normalized spacial score (nSPS) is 22.2. The average Bonchev–Trinajstić information content (AvgIpc) is 2.92. The Morgan fingerprint density at radius 1 is 1.25 bits per heavy atom. The SMILES string of the molecule is CC(N)C(c1ccccc1)N1CCc2sccc2C1C. The molecule has 1 aliphatic heterocycles. The van der Waals surface area contributed by atoms with Crippen molar-refractivity contribution in [3.05, 3.63) is 57.8 Å². The van der Waals surface area contributed by atoms with E-state index in [1.165, 1.54) is 11.1 Å². The van der Waals surface area contributed by atoms with Crippen LogP contribution in [-0.2, 0) is 6.42 Å². The summed E-state index contributed by atoms with van der Waals surface area (Å²) in [5.41, 5.74) is 9.13. The van der Waals surface area contributed by atoms with E-state index in [0.29, 0.717) is 12.1 Å². The van der Waals surface area contributed by atoms with Crippen LogP contribution in [0.2, 0.25) is 0 Å². The molecule has 3 unspecified atom stereocenters. The largest absolute Gasteiger partial charge is 0.326 e. The van der Waals surface area contributed by atoms with Crippen LogP contribution >= 0.6 is 11.3 Å². The first-order chi connectivity index (χ1) is 9.68. The van der Waals surface area contributed by atoms with E-state index in [1.54, 1.807) is 4.88 Å². The number of fused-ring (bicyclic) bond motifs is 1. The Hall–Kier alpha value is -1.16. The van der Waals surface area contributed by atoms with Crippen molar-refractivity contribution in [2.24, 2.45) is 5.73 Å². The molecule has 2 aromatic rings. The summed E-state index contributed by atoms with van der Waals surface area (Å²) in [4.78, 5) is 4.11. The van der Waals surface area contributed by atoms with Crippen LogP contribution in [0.3, 0.4) is 0 Å². The Morgan fingerprint density at radius 2 is 2.00 bits per heavy atom. The fourth-order valence-electron chi connectivity index (χ4n) is 3.36. The quantitative estimate of drug-likeness (QED) is 0.931. The second kappa shape index (κ2) is 5.68. The minimum absolute atomic E-state index is 0.125. The highest BCUT2D eigenvalue weighted by atomic mass is 32.1. The highest BCUT2D eigenvalue weighted by Crippen LogP contribution is 2.38. The molecule has 3 rings (SSSR count). The van der Waals surface area contributed by atoms with Gasteiger partial charge in [-0.3, -0.25) is 4.90 Å². The number of hydrogen-bond acceptors (Lipinski definition) is 3. The van der Waals surface area contributed by atoms with Gasteiger partial charge in [0.05, 0.1) is 6.04 Å². The third kappa shape index (κ3) is 2.41. The first-order valence-electron chi connectivity index (χ1n) is 7.31. The molecule has 0 radical (unpaired) electrons. The second-order valence-corrected chi connectivity index (χ2v) is 6.68. The smallest absolute Gasteiger partial charge is 0.0502 e. The lowest BCUT2D eigenvalue weighted by molar-refractivity contribution is 0.119. The molecule has 0 aliphatic carbocycles. The van der Waals surface area contributed by atoms with Gasteiger partial charge in [0.1, 0.15) is 0 Å². The zero-order chi connectivity index (χ0) is 14.1. The third-order valence-electron chi connectivity index (χ3n) is 4.32. The van der Waals surface area contributed by atoms with Crippen molar-refractivity contribution in [3.8, 4) is 0 Å². The first-order valence-corrected chi connectivity index (χ1v) is 8.19. The Bertz CT molecular complexity index is 561. The summed E-state index contributed by atoms with van der Waals surface area (Å²) in [5.74, 6) is 0. The lowest BCUT2D eigenvalue weighted by atomic mass is 9.93. The van der Waals surface area contributed by atoms with Crippen LogP contribution in [0.15, 0.2) is 41.8 Å². The number of thiophene rings is 1. The van der Waals surface area contributed by atoms with Crippen molar-refractivity contribution < 1.29 is 0 Å². The molecule has 0 saturated heterocycles. The maximum absolute atomic E-state index is 6.32. The highest BCUT2D eigenvalue weighted by molar-refractivity contribution is 7.10. The van der Waals surface area contributed by atoms with Crippen molar-refractivity contribution in [1.29, 1.82) is 0 Å². The maximum Gasteiger partial charge on any atom is 0.0502 e. The number of benzene rings is 1. The van der Waals surface area contributed by atoms with Crippen LogP contribution in [0.1, 0.15) is 41.9 Å². The molecule has 0 saturated carbocycles. The van der Waals surface area contributed by atoms with Gasteiger partial charge in [-0.2, -0.15) is 0 Å². The fourth-order valence-corrected chi connectivity index (χ4v) is 4.32. The Kier molecular flexibility index (Phi) is 3.92. The molecule has 1 aromatic heterocycles. The first kappa shape index (κ1) is 13.8. The molecule has 1 aromatic carbocycles. The Morgan fingerprint density at radius 3 is 2.70 bits per heavy atom. The van der Waals surface area contributed by atoms with Gasteiger partial charge in [0, 0.05) is 23.5 Å². The maximum atomic E-state index is 6.32. The van der Waals surface area contributed by atoms with Gasteiger partial charge in [0.15, 0.2) is 0 Å². The van der Waals surface area contributed by atoms with Crippen LogP contribution < -0.4 is 5.73 Å². The predicted octanol–water partition coefficient (Wildman–Crippen LogP) is 3.76. The van der Waals surface area contributed by atoms with Crippen molar-refractivity contribution >= 4 is 11.3 Å². The van der Waals surface area contributed by atoms with Gasteiger partial charge in [-0.05, 0) is 42.8 Å². The molecule has 2 nitrogen and oxygen atoms in total. The van der Waals surface area contributed by atoms with Gasteiger partial charge >= 0.3 is 0 Å². The number of nitrogens with two attached hydrogens (primary N) is 1. The van der Waals surface area contributed by atoms with Gasteiger partial charge in [0.25, 0.3) is 0 Å². The molecule has 106 valence electrons. The summed E-state index contributed by atoms with van der Waals surface area (Å²) < 4.78 is 0. The van der Waals surface area contributed by atoms with Crippen LogP contribution in [0.5, 0.6) is 0 Å². The van der Waals surface area contributed by atoms with Gasteiger partial charge < -0.3 is 5.73 Å². The summed E-state index contributed by atoms with van der Waals surface area (Å²) in [7, 11) is 0. The van der Waals surface area contributed by atoms with Crippen LogP contribution in [0.25, 0.3) is 0 Å².